The zero-order chi connectivity index (χ0) is 15.3. The maximum atomic E-state index is 11.8. The monoisotopic (exact) mass is 291 g/mol. The number of urea groups is 1. The molecule has 1 aliphatic rings. The van der Waals surface area contributed by atoms with E-state index >= 15 is 0 Å². The number of carbonyl (C=O) groups is 2. The molecule has 3 N–H and O–H groups in total. The molecule has 1 fully saturated rings. The van der Waals surface area contributed by atoms with E-state index in [1.807, 2.05) is 0 Å². The van der Waals surface area contributed by atoms with E-state index in [4.69, 9.17) is 5.11 Å². The number of rotatable bonds is 6. The van der Waals surface area contributed by atoms with Crippen LogP contribution in [0.1, 0.15) is 48.7 Å². The lowest BCUT2D eigenvalue weighted by atomic mass is 9.67. The molecule has 0 atom stereocenters. The van der Waals surface area contributed by atoms with Crippen molar-refractivity contribution in [3.8, 4) is 0 Å². The van der Waals surface area contributed by atoms with E-state index in [-0.39, 0.29) is 11.7 Å². The van der Waals surface area contributed by atoms with Crippen LogP contribution in [0.25, 0.3) is 0 Å². The second-order valence-corrected chi connectivity index (χ2v) is 5.60. The molecule has 6 heteroatoms. The minimum Gasteiger partial charge on any atom is -0.477 e. The molecular formula is C15H21N3O3. The molecule has 0 aromatic carbocycles. The second kappa shape index (κ2) is 6.56. The van der Waals surface area contributed by atoms with E-state index < -0.39 is 5.97 Å². The van der Waals surface area contributed by atoms with E-state index in [0.717, 1.165) is 12.0 Å². The third kappa shape index (κ3) is 3.93. The van der Waals surface area contributed by atoms with Crippen molar-refractivity contribution in [2.75, 3.05) is 6.54 Å². The first-order valence-electron chi connectivity index (χ1n) is 7.25. The lowest BCUT2D eigenvalue weighted by molar-refractivity contribution is 0.0690. The van der Waals surface area contributed by atoms with Crippen molar-refractivity contribution in [3.63, 3.8) is 0 Å². The van der Waals surface area contributed by atoms with Crippen LogP contribution < -0.4 is 10.6 Å². The Morgan fingerprint density at radius 1 is 1.33 bits per heavy atom. The van der Waals surface area contributed by atoms with Crippen LogP contribution in [0, 0.1) is 5.41 Å². The van der Waals surface area contributed by atoms with Gasteiger partial charge in [-0.15, -0.1) is 0 Å². The van der Waals surface area contributed by atoms with Gasteiger partial charge in [-0.25, -0.2) is 14.6 Å². The highest BCUT2D eigenvalue weighted by atomic mass is 16.4. The van der Waals surface area contributed by atoms with Crippen LogP contribution in [0.5, 0.6) is 0 Å². The number of aromatic carboxylic acids is 1. The number of aromatic nitrogens is 1. The van der Waals surface area contributed by atoms with Crippen LogP contribution in [0.3, 0.4) is 0 Å². The fourth-order valence-corrected chi connectivity index (χ4v) is 2.50. The number of carbonyl (C=O) groups excluding carboxylic acids is 1. The summed E-state index contributed by atoms with van der Waals surface area (Å²) < 4.78 is 0. The summed E-state index contributed by atoms with van der Waals surface area (Å²) in [5, 5.41) is 14.4. The van der Waals surface area contributed by atoms with Gasteiger partial charge in [0.05, 0.1) is 0 Å². The number of hydrogen-bond donors (Lipinski definition) is 3. The largest absolute Gasteiger partial charge is 0.477 e. The van der Waals surface area contributed by atoms with Crippen LogP contribution >= 0.6 is 0 Å². The van der Waals surface area contributed by atoms with Crippen molar-refractivity contribution in [2.24, 2.45) is 5.41 Å². The molecule has 1 saturated carbocycles. The molecule has 6 nitrogen and oxygen atoms in total. The van der Waals surface area contributed by atoms with Gasteiger partial charge in [0.15, 0.2) is 0 Å². The second-order valence-electron chi connectivity index (χ2n) is 5.60. The van der Waals surface area contributed by atoms with Gasteiger partial charge in [-0.05, 0) is 36.3 Å². The minimum absolute atomic E-state index is 0.00178. The lowest BCUT2D eigenvalue weighted by Crippen LogP contribution is -2.45. The topological polar surface area (TPSA) is 91.3 Å². The Morgan fingerprint density at radius 2 is 2.10 bits per heavy atom. The van der Waals surface area contributed by atoms with Gasteiger partial charge in [0.1, 0.15) is 5.69 Å². The first kappa shape index (κ1) is 15.3. The molecule has 2 amide bonds. The van der Waals surface area contributed by atoms with Crippen molar-refractivity contribution < 1.29 is 14.7 Å². The number of amides is 2. The molecule has 1 aliphatic carbocycles. The number of carboxylic acids is 1. The number of carboxylic acid groups (broad SMARTS) is 1. The fourth-order valence-electron chi connectivity index (χ4n) is 2.50. The van der Waals surface area contributed by atoms with Gasteiger partial charge >= 0.3 is 12.0 Å². The lowest BCUT2D eigenvalue weighted by Gasteiger charge is -2.41. The van der Waals surface area contributed by atoms with Gasteiger partial charge in [0.2, 0.25) is 0 Å². The zero-order valence-corrected chi connectivity index (χ0v) is 12.2. The van der Waals surface area contributed by atoms with E-state index in [0.29, 0.717) is 18.5 Å². The molecule has 0 saturated heterocycles. The summed E-state index contributed by atoms with van der Waals surface area (Å²) in [4.78, 5) is 26.2. The summed E-state index contributed by atoms with van der Waals surface area (Å²) in [6, 6.07) is 2.88. The molecule has 0 spiro atoms. The van der Waals surface area contributed by atoms with Gasteiger partial charge in [0.25, 0.3) is 0 Å². The SMILES string of the molecule is CCC1(CNC(=O)NCc2ccc(C(=O)O)nc2)CCC1. The Labute approximate surface area is 124 Å². The zero-order valence-electron chi connectivity index (χ0n) is 12.2. The summed E-state index contributed by atoms with van der Waals surface area (Å²) in [7, 11) is 0. The first-order valence-corrected chi connectivity index (χ1v) is 7.25. The van der Waals surface area contributed by atoms with Crippen molar-refractivity contribution >= 4 is 12.0 Å². The van der Waals surface area contributed by atoms with Gasteiger partial charge < -0.3 is 15.7 Å². The summed E-state index contributed by atoms with van der Waals surface area (Å²) in [6.07, 6.45) is 6.17. The Kier molecular flexibility index (Phi) is 4.77. The Bertz CT molecular complexity index is 504. The van der Waals surface area contributed by atoms with Gasteiger partial charge in [-0.2, -0.15) is 0 Å². The maximum absolute atomic E-state index is 11.8. The predicted octanol–water partition coefficient (Wildman–Crippen LogP) is 2.16. The Balaban J connectivity index is 1.74. The van der Waals surface area contributed by atoms with E-state index in [1.165, 1.54) is 31.5 Å². The smallest absolute Gasteiger partial charge is 0.354 e. The molecule has 1 heterocycles. The minimum atomic E-state index is -1.06. The van der Waals surface area contributed by atoms with Crippen LogP contribution in [-0.2, 0) is 6.54 Å². The first-order chi connectivity index (χ1) is 10.0. The van der Waals surface area contributed by atoms with Crippen LogP contribution in [0.2, 0.25) is 0 Å². The Morgan fingerprint density at radius 3 is 2.57 bits per heavy atom. The average molecular weight is 291 g/mol. The Hall–Kier alpha value is -2.11. The van der Waals surface area contributed by atoms with Gasteiger partial charge in [0, 0.05) is 19.3 Å². The normalized spacial score (nSPS) is 15.9. The summed E-state index contributed by atoms with van der Waals surface area (Å²) in [5.41, 5.74) is 1.06. The van der Waals surface area contributed by atoms with Crippen molar-refractivity contribution in [3.05, 3.63) is 29.6 Å². The highest BCUT2D eigenvalue weighted by Crippen LogP contribution is 2.42. The molecule has 2 rings (SSSR count). The van der Waals surface area contributed by atoms with E-state index in [1.54, 1.807) is 6.07 Å². The maximum Gasteiger partial charge on any atom is 0.354 e. The van der Waals surface area contributed by atoms with Crippen molar-refractivity contribution in [1.29, 1.82) is 0 Å². The number of pyridine rings is 1. The molecule has 0 bridgehead atoms. The summed E-state index contributed by atoms with van der Waals surface area (Å²) >= 11 is 0. The highest BCUT2D eigenvalue weighted by molar-refractivity contribution is 5.85. The standard InChI is InChI=1S/C15H21N3O3/c1-2-15(6-3-7-15)10-18-14(21)17-9-11-4-5-12(13(19)20)16-8-11/h4-5,8H,2-3,6-7,9-10H2,1H3,(H,19,20)(H2,17,18,21). The quantitative estimate of drug-likeness (QED) is 0.749. The van der Waals surface area contributed by atoms with Gasteiger partial charge in [-0.3, -0.25) is 0 Å². The van der Waals surface area contributed by atoms with Gasteiger partial charge in [-0.1, -0.05) is 19.4 Å². The van der Waals surface area contributed by atoms with Crippen LogP contribution in [0.15, 0.2) is 18.3 Å². The van der Waals surface area contributed by atoms with Crippen molar-refractivity contribution in [2.45, 2.75) is 39.2 Å². The number of nitrogens with zero attached hydrogens (tertiary/aromatic N) is 1. The summed E-state index contributed by atoms with van der Waals surface area (Å²) in [6.45, 7) is 3.21. The predicted molar refractivity (Wildman–Crippen MR) is 78.0 cm³/mol. The molecule has 1 aromatic rings. The number of hydrogen-bond acceptors (Lipinski definition) is 3. The molecular weight excluding hydrogens is 270 g/mol. The van der Waals surface area contributed by atoms with E-state index in [9.17, 15) is 9.59 Å². The van der Waals surface area contributed by atoms with Crippen molar-refractivity contribution in [1.82, 2.24) is 15.6 Å². The number of nitrogens with one attached hydrogen (secondary N) is 2. The molecule has 0 aliphatic heterocycles. The highest BCUT2D eigenvalue weighted by Gasteiger charge is 2.35. The molecule has 0 radical (unpaired) electrons. The molecule has 0 unspecified atom stereocenters. The third-order valence-electron chi connectivity index (χ3n) is 4.29. The fraction of sp³-hybridized carbons (Fsp3) is 0.533. The molecule has 114 valence electrons. The van der Waals surface area contributed by atoms with Crippen LogP contribution in [-0.4, -0.2) is 28.6 Å². The van der Waals surface area contributed by atoms with E-state index in [2.05, 4.69) is 22.5 Å². The molecule has 21 heavy (non-hydrogen) atoms. The summed E-state index contributed by atoms with van der Waals surface area (Å²) in [5.74, 6) is -1.06. The third-order valence-corrected chi connectivity index (χ3v) is 4.29. The molecule has 1 aromatic heterocycles. The average Bonchev–Trinajstić information content (AvgIpc) is 2.45. The van der Waals surface area contributed by atoms with Crippen LogP contribution in [0.4, 0.5) is 4.79 Å².